The molecule has 1 amide bonds. The van der Waals surface area contributed by atoms with Crippen molar-refractivity contribution in [2.24, 2.45) is 0 Å². The Morgan fingerprint density at radius 1 is 1.13 bits per heavy atom. The lowest BCUT2D eigenvalue weighted by molar-refractivity contribution is -0.133. The predicted molar refractivity (Wildman–Crippen MR) is 90.4 cm³/mol. The van der Waals surface area contributed by atoms with Gasteiger partial charge in [-0.15, -0.1) is 11.8 Å². The zero-order valence-electron chi connectivity index (χ0n) is 12.4. The van der Waals surface area contributed by atoms with Crippen molar-refractivity contribution in [3.8, 4) is 0 Å². The van der Waals surface area contributed by atoms with Crippen LogP contribution in [0.15, 0.2) is 29.2 Å². The van der Waals surface area contributed by atoms with Gasteiger partial charge in [0.05, 0.1) is 10.8 Å². The number of thioether (sulfide) groups is 2. The molecule has 2 heterocycles. The Kier molecular flexibility index (Phi) is 5.19. The minimum Gasteiger partial charge on any atom is -0.340 e. The maximum absolute atomic E-state index is 13.0. The number of rotatable bonds is 3. The van der Waals surface area contributed by atoms with Gasteiger partial charge in [-0.1, -0.05) is 0 Å². The minimum absolute atomic E-state index is 0.0217. The smallest absolute Gasteiger partial charge is 0.244 e. The van der Waals surface area contributed by atoms with Crippen molar-refractivity contribution < 1.29 is 17.6 Å². The van der Waals surface area contributed by atoms with Crippen LogP contribution in [0.3, 0.4) is 0 Å². The Morgan fingerprint density at radius 3 is 2.43 bits per heavy atom. The van der Waals surface area contributed by atoms with Crippen LogP contribution in [-0.4, -0.2) is 65.8 Å². The molecule has 0 N–H and O–H groups in total. The van der Waals surface area contributed by atoms with Gasteiger partial charge in [-0.2, -0.15) is 16.1 Å². The van der Waals surface area contributed by atoms with Crippen LogP contribution in [0.1, 0.15) is 0 Å². The summed E-state index contributed by atoms with van der Waals surface area (Å²) in [6, 6.07) is 4.06. The molecule has 9 heteroatoms. The molecule has 0 spiro atoms. The average molecular weight is 377 g/mol. The van der Waals surface area contributed by atoms with E-state index in [-0.39, 0.29) is 16.7 Å². The first-order chi connectivity index (χ1) is 11.0. The van der Waals surface area contributed by atoms with Crippen molar-refractivity contribution >= 4 is 39.5 Å². The third-order valence-corrected chi connectivity index (χ3v) is 7.86. The van der Waals surface area contributed by atoms with Gasteiger partial charge in [0.2, 0.25) is 15.9 Å². The molecule has 0 bridgehead atoms. The second-order valence-electron chi connectivity index (χ2n) is 5.30. The summed E-state index contributed by atoms with van der Waals surface area (Å²) in [4.78, 5) is 14.5. The molecule has 126 valence electrons. The number of hydrogen-bond acceptors (Lipinski definition) is 5. The summed E-state index contributed by atoms with van der Waals surface area (Å²) < 4.78 is 39.8. The molecular weight excluding hydrogens is 359 g/mol. The standard InChI is InChI=1S/C14H17FN2O3S3/c15-11-1-3-12(4-2-11)23(19,20)17-10-22-9-13(17)14(18)16-5-7-21-8-6-16/h1-4,13H,5-10H2. The molecule has 0 aliphatic carbocycles. The number of hydrogen-bond donors (Lipinski definition) is 0. The lowest BCUT2D eigenvalue weighted by atomic mass is 10.3. The van der Waals surface area contributed by atoms with Gasteiger partial charge < -0.3 is 4.90 Å². The monoisotopic (exact) mass is 376 g/mol. The second kappa shape index (κ2) is 7.00. The van der Waals surface area contributed by atoms with Crippen LogP contribution < -0.4 is 0 Å². The molecule has 3 rings (SSSR count). The van der Waals surface area contributed by atoms with Crippen molar-refractivity contribution in [3.63, 3.8) is 0 Å². The van der Waals surface area contributed by atoms with Crippen LogP contribution >= 0.6 is 23.5 Å². The fourth-order valence-corrected chi connectivity index (χ4v) is 6.63. The van der Waals surface area contributed by atoms with Gasteiger partial charge in [-0.05, 0) is 24.3 Å². The molecule has 0 aromatic heterocycles. The predicted octanol–water partition coefficient (Wildman–Crippen LogP) is 1.46. The van der Waals surface area contributed by atoms with Gasteiger partial charge in [0.15, 0.2) is 0 Å². The van der Waals surface area contributed by atoms with E-state index in [0.717, 1.165) is 23.6 Å². The summed E-state index contributed by atoms with van der Waals surface area (Å²) in [5.41, 5.74) is 0. The number of nitrogens with zero attached hydrogens (tertiary/aromatic N) is 2. The van der Waals surface area contributed by atoms with Gasteiger partial charge in [0.25, 0.3) is 0 Å². The Bertz CT molecular complexity index is 675. The summed E-state index contributed by atoms with van der Waals surface area (Å²) in [6.07, 6.45) is 0. The number of sulfonamides is 1. The van der Waals surface area contributed by atoms with E-state index in [1.165, 1.54) is 28.2 Å². The van der Waals surface area contributed by atoms with Gasteiger partial charge in [-0.25, -0.2) is 12.8 Å². The zero-order chi connectivity index (χ0) is 16.4. The topological polar surface area (TPSA) is 57.7 Å². The van der Waals surface area contributed by atoms with Crippen LogP contribution in [0, 0.1) is 5.82 Å². The lowest BCUT2D eigenvalue weighted by Crippen LogP contribution is -2.51. The molecule has 2 saturated heterocycles. The Labute approximate surface area is 143 Å². The maximum atomic E-state index is 13.0. The molecule has 0 saturated carbocycles. The minimum atomic E-state index is -3.80. The van der Waals surface area contributed by atoms with Crippen molar-refractivity contribution in [2.45, 2.75) is 10.9 Å². The van der Waals surface area contributed by atoms with Crippen LogP contribution in [0.4, 0.5) is 4.39 Å². The SMILES string of the molecule is O=C(C1CSCN1S(=O)(=O)c1ccc(F)cc1)N1CCSCC1. The van der Waals surface area contributed by atoms with E-state index in [9.17, 15) is 17.6 Å². The second-order valence-corrected chi connectivity index (χ2v) is 9.41. The Hall–Kier alpha value is -0.770. The molecule has 23 heavy (non-hydrogen) atoms. The largest absolute Gasteiger partial charge is 0.340 e. The number of carbonyl (C=O) groups excluding carboxylic acids is 1. The summed E-state index contributed by atoms with van der Waals surface area (Å²) in [7, 11) is -3.80. The van der Waals surface area contributed by atoms with E-state index in [1.807, 2.05) is 0 Å². The van der Waals surface area contributed by atoms with Gasteiger partial charge in [0, 0.05) is 30.3 Å². The van der Waals surface area contributed by atoms with Crippen LogP contribution in [0.5, 0.6) is 0 Å². The summed E-state index contributed by atoms with van der Waals surface area (Å²) in [6.45, 7) is 1.32. The first kappa shape index (κ1) is 17.1. The molecule has 2 aliphatic heterocycles. The highest BCUT2D eigenvalue weighted by Gasteiger charge is 2.41. The highest BCUT2D eigenvalue weighted by atomic mass is 32.2. The summed E-state index contributed by atoms with van der Waals surface area (Å²) in [5.74, 6) is 1.87. The normalized spacial score (nSPS) is 23.2. The fraction of sp³-hybridized carbons (Fsp3) is 0.500. The van der Waals surface area contributed by atoms with Gasteiger partial charge >= 0.3 is 0 Å². The molecule has 5 nitrogen and oxygen atoms in total. The maximum Gasteiger partial charge on any atom is 0.244 e. The molecule has 0 radical (unpaired) electrons. The van der Waals surface area contributed by atoms with Crippen LogP contribution in [-0.2, 0) is 14.8 Å². The quantitative estimate of drug-likeness (QED) is 0.800. The van der Waals surface area contributed by atoms with E-state index in [1.54, 1.807) is 16.7 Å². The van der Waals surface area contributed by atoms with Crippen molar-refractivity contribution in [3.05, 3.63) is 30.1 Å². The molecule has 2 fully saturated rings. The number of amides is 1. The highest BCUT2D eigenvalue weighted by Crippen LogP contribution is 2.30. The molecule has 2 aliphatic rings. The molecule has 1 unspecified atom stereocenters. The highest BCUT2D eigenvalue weighted by molar-refractivity contribution is 8.00. The number of benzene rings is 1. The Morgan fingerprint density at radius 2 is 1.78 bits per heavy atom. The van der Waals surface area contributed by atoms with Crippen LogP contribution in [0.25, 0.3) is 0 Å². The average Bonchev–Trinajstić information content (AvgIpc) is 3.06. The number of carbonyl (C=O) groups is 1. The number of halogens is 1. The third kappa shape index (κ3) is 3.52. The molecular formula is C14H17FN2O3S3. The van der Waals surface area contributed by atoms with E-state index >= 15 is 0 Å². The molecule has 1 aromatic rings. The lowest BCUT2D eigenvalue weighted by Gasteiger charge is -2.31. The van der Waals surface area contributed by atoms with Crippen molar-refractivity contribution in [1.82, 2.24) is 9.21 Å². The Balaban J connectivity index is 1.82. The first-order valence-corrected chi connectivity index (χ1v) is 11.0. The first-order valence-electron chi connectivity index (χ1n) is 7.22. The molecule has 1 aromatic carbocycles. The summed E-state index contributed by atoms with van der Waals surface area (Å²) >= 11 is 3.22. The third-order valence-electron chi connectivity index (χ3n) is 3.87. The zero-order valence-corrected chi connectivity index (χ0v) is 14.8. The van der Waals surface area contributed by atoms with Crippen LogP contribution in [0.2, 0.25) is 0 Å². The summed E-state index contributed by atoms with van der Waals surface area (Å²) in [5, 5.41) is 0. The fourth-order valence-electron chi connectivity index (χ4n) is 2.60. The van der Waals surface area contributed by atoms with Gasteiger partial charge in [-0.3, -0.25) is 4.79 Å². The van der Waals surface area contributed by atoms with Crippen molar-refractivity contribution in [1.29, 1.82) is 0 Å². The molecule has 1 atom stereocenters. The van der Waals surface area contributed by atoms with Crippen molar-refractivity contribution in [2.75, 3.05) is 36.2 Å². The van der Waals surface area contributed by atoms with E-state index < -0.39 is 21.9 Å². The van der Waals surface area contributed by atoms with E-state index in [0.29, 0.717) is 18.8 Å². The van der Waals surface area contributed by atoms with E-state index in [2.05, 4.69) is 0 Å². The van der Waals surface area contributed by atoms with Gasteiger partial charge in [0.1, 0.15) is 11.9 Å². The van der Waals surface area contributed by atoms with E-state index in [4.69, 9.17) is 0 Å².